The van der Waals surface area contributed by atoms with Crippen molar-refractivity contribution in [1.82, 2.24) is 25.7 Å². The second-order valence-corrected chi connectivity index (χ2v) is 7.44. The average molecular weight is 524 g/mol. The number of carbonyl (C=O) groups is 1. The topological polar surface area (TPSA) is 113 Å². The van der Waals surface area contributed by atoms with Crippen molar-refractivity contribution in [2.45, 2.75) is 52.7 Å². The van der Waals surface area contributed by atoms with Gasteiger partial charge in [0.1, 0.15) is 5.60 Å². The summed E-state index contributed by atoms with van der Waals surface area (Å²) in [5.41, 5.74) is -0.423. The Morgan fingerprint density at radius 2 is 2.07 bits per heavy atom. The summed E-state index contributed by atoms with van der Waals surface area (Å²) >= 11 is 0. The number of carbonyl (C=O) groups excluding carboxylic acids is 1. The van der Waals surface area contributed by atoms with Gasteiger partial charge in [-0.15, -0.1) is 24.0 Å². The van der Waals surface area contributed by atoms with Crippen molar-refractivity contribution in [2.24, 2.45) is 18.0 Å². The summed E-state index contributed by atoms with van der Waals surface area (Å²) in [5, 5.41) is 24.1. The Balaban J connectivity index is 0.00000784. The van der Waals surface area contributed by atoms with E-state index in [4.69, 9.17) is 4.74 Å². The predicted molar refractivity (Wildman–Crippen MR) is 126 cm³/mol. The Morgan fingerprint density at radius 1 is 1.38 bits per heavy atom. The Kier molecular flexibility index (Phi) is 12.9. The SMILES string of the molecule is CCNC(=NCC(C)(O)c1cnn(C)c1)NCC(CC(C)C)NC(=O)OCC.I. The lowest BCUT2D eigenvalue weighted by Crippen LogP contribution is -2.48. The number of aliphatic hydroxyl groups is 1. The van der Waals surface area contributed by atoms with Crippen LogP contribution in [0.15, 0.2) is 17.4 Å². The number of guanidine groups is 1. The van der Waals surface area contributed by atoms with Crippen LogP contribution in [0, 0.1) is 5.92 Å². The maximum Gasteiger partial charge on any atom is 0.407 e. The monoisotopic (exact) mass is 524 g/mol. The van der Waals surface area contributed by atoms with Crippen molar-refractivity contribution in [1.29, 1.82) is 0 Å². The van der Waals surface area contributed by atoms with Gasteiger partial charge in [0.2, 0.25) is 0 Å². The highest BCUT2D eigenvalue weighted by molar-refractivity contribution is 14.0. The number of halogens is 1. The molecule has 10 heteroatoms. The minimum atomic E-state index is -1.13. The predicted octanol–water partition coefficient (Wildman–Crippen LogP) is 1.96. The molecule has 1 heterocycles. The first-order chi connectivity index (χ1) is 13.2. The molecule has 0 aliphatic rings. The van der Waals surface area contributed by atoms with Crippen molar-refractivity contribution in [2.75, 3.05) is 26.2 Å². The van der Waals surface area contributed by atoms with Crippen molar-refractivity contribution >= 4 is 36.0 Å². The third kappa shape index (κ3) is 10.7. The van der Waals surface area contributed by atoms with E-state index in [9.17, 15) is 9.90 Å². The summed E-state index contributed by atoms with van der Waals surface area (Å²) in [6.45, 7) is 11.3. The standard InChI is InChI=1S/C19H36N6O3.HI/c1-7-20-17(22-13-19(5,27)15-10-23-25(6)12-15)21-11-16(9-14(3)4)24-18(26)28-8-2;/h10,12,14,16,27H,7-9,11,13H2,1-6H3,(H,24,26)(H2,20,21,22);1H. The number of aryl methyl sites for hydroxylation is 1. The minimum Gasteiger partial charge on any atom is -0.450 e. The fourth-order valence-corrected chi connectivity index (χ4v) is 2.69. The van der Waals surface area contributed by atoms with Crippen molar-refractivity contribution in [3.8, 4) is 0 Å². The van der Waals surface area contributed by atoms with E-state index in [1.165, 1.54) is 0 Å². The molecule has 0 aliphatic carbocycles. The zero-order valence-corrected chi connectivity index (χ0v) is 20.7. The van der Waals surface area contributed by atoms with Gasteiger partial charge in [0, 0.05) is 37.9 Å². The molecule has 29 heavy (non-hydrogen) atoms. The second kappa shape index (κ2) is 13.6. The van der Waals surface area contributed by atoms with E-state index in [0.29, 0.717) is 37.1 Å². The minimum absolute atomic E-state index is 0. The van der Waals surface area contributed by atoms with Crippen molar-refractivity contribution in [3.05, 3.63) is 18.0 Å². The van der Waals surface area contributed by atoms with Crippen LogP contribution in [0.5, 0.6) is 0 Å². The zero-order chi connectivity index (χ0) is 21.2. The number of aliphatic imine (C=N–C) groups is 1. The zero-order valence-electron chi connectivity index (χ0n) is 18.4. The molecular weight excluding hydrogens is 487 g/mol. The van der Waals surface area contributed by atoms with Gasteiger partial charge >= 0.3 is 6.09 Å². The van der Waals surface area contributed by atoms with Gasteiger partial charge in [-0.05, 0) is 33.1 Å². The van der Waals surface area contributed by atoms with E-state index >= 15 is 0 Å². The molecule has 0 spiro atoms. The van der Waals surface area contributed by atoms with E-state index in [2.05, 4.69) is 39.9 Å². The normalized spacial score (nSPS) is 14.6. The summed E-state index contributed by atoms with van der Waals surface area (Å²) in [5.74, 6) is 0.991. The Morgan fingerprint density at radius 3 is 2.59 bits per heavy atom. The molecule has 0 fully saturated rings. The van der Waals surface area contributed by atoms with Gasteiger partial charge in [0.05, 0.1) is 19.3 Å². The quantitative estimate of drug-likeness (QED) is 0.212. The van der Waals surface area contributed by atoms with Gasteiger partial charge in [-0.25, -0.2) is 9.79 Å². The third-order valence-corrected chi connectivity index (χ3v) is 4.09. The van der Waals surface area contributed by atoms with Crippen LogP contribution in [0.1, 0.15) is 46.6 Å². The Hall–Kier alpha value is -1.56. The molecule has 1 amide bonds. The van der Waals surface area contributed by atoms with E-state index < -0.39 is 11.7 Å². The fraction of sp³-hybridized carbons (Fsp3) is 0.737. The molecule has 1 rings (SSSR count). The molecule has 2 atom stereocenters. The third-order valence-electron chi connectivity index (χ3n) is 4.09. The van der Waals surface area contributed by atoms with Gasteiger partial charge in [-0.3, -0.25) is 4.68 Å². The fourth-order valence-electron chi connectivity index (χ4n) is 2.69. The first-order valence-electron chi connectivity index (χ1n) is 9.84. The summed E-state index contributed by atoms with van der Waals surface area (Å²) in [6.07, 6.45) is 3.80. The summed E-state index contributed by atoms with van der Waals surface area (Å²) in [7, 11) is 1.81. The van der Waals surface area contributed by atoms with Crippen LogP contribution in [-0.2, 0) is 17.4 Å². The lowest BCUT2D eigenvalue weighted by atomic mass is 10.0. The van der Waals surface area contributed by atoms with Crippen LogP contribution < -0.4 is 16.0 Å². The van der Waals surface area contributed by atoms with Crippen molar-refractivity contribution in [3.63, 3.8) is 0 Å². The van der Waals surface area contributed by atoms with Crippen LogP contribution in [-0.4, -0.2) is 59.2 Å². The van der Waals surface area contributed by atoms with E-state index in [0.717, 1.165) is 6.42 Å². The van der Waals surface area contributed by atoms with Gasteiger partial charge in [-0.1, -0.05) is 13.8 Å². The Bertz CT molecular complexity index is 633. The number of rotatable bonds is 10. The average Bonchev–Trinajstić information content (AvgIpc) is 3.04. The summed E-state index contributed by atoms with van der Waals surface area (Å²) in [4.78, 5) is 16.3. The molecule has 0 saturated heterocycles. The second-order valence-electron chi connectivity index (χ2n) is 7.44. The summed E-state index contributed by atoms with van der Waals surface area (Å²) < 4.78 is 6.63. The molecule has 0 radical (unpaired) electrons. The first kappa shape index (κ1) is 27.4. The highest BCUT2D eigenvalue weighted by atomic mass is 127. The van der Waals surface area contributed by atoms with E-state index in [1.54, 1.807) is 38.0 Å². The van der Waals surface area contributed by atoms with Gasteiger partial charge in [0.15, 0.2) is 5.96 Å². The van der Waals surface area contributed by atoms with E-state index in [-0.39, 0.29) is 36.6 Å². The molecule has 4 N–H and O–H groups in total. The smallest absolute Gasteiger partial charge is 0.407 e. The van der Waals surface area contributed by atoms with Crippen LogP contribution in [0.25, 0.3) is 0 Å². The lowest BCUT2D eigenvalue weighted by molar-refractivity contribution is 0.0672. The molecule has 168 valence electrons. The number of nitrogens with one attached hydrogen (secondary N) is 3. The number of ether oxygens (including phenoxy) is 1. The lowest BCUT2D eigenvalue weighted by Gasteiger charge is -2.23. The Labute approximate surface area is 191 Å². The highest BCUT2D eigenvalue weighted by Gasteiger charge is 2.24. The number of nitrogens with zero attached hydrogens (tertiary/aromatic N) is 3. The number of amides is 1. The number of hydrogen-bond acceptors (Lipinski definition) is 5. The van der Waals surface area contributed by atoms with Crippen LogP contribution in [0.3, 0.4) is 0 Å². The van der Waals surface area contributed by atoms with Crippen LogP contribution in [0.2, 0.25) is 0 Å². The molecular formula is C19H37IN6O3. The van der Waals surface area contributed by atoms with Crippen LogP contribution >= 0.6 is 24.0 Å². The maximum atomic E-state index is 11.8. The molecule has 0 aliphatic heterocycles. The number of alkyl carbamates (subject to hydrolysis) is 1. The highest BCUT2D eigenvalue weighted by Crippen LogP contribution is 2.19. The molecule has 1 aromatic rings. The maximum absolute atomic E-state index is 11.8. The molecule has 0 aromatic carbocycles. The molecule has 2 unspecified atom stereocenters. The molecule has 1 aromatic heterocycles. The van der Waals surface area contributed by atoms with Gasteiger partial charge in [0.25, 0.3) is 0 Å². The largest absolute Gasteiger partial charge is 0.450 e. The van der Waals surface area contributed by atoms with Gasteiger partial charge in [-0.2, -0.15) is 5.10 Å². The number of aromatic nitrogens is 2. The van der Waals surface area contributed by atoms with Gasteiger partial charge < -0.3 is 25.8 Å². The molecule has 0 saturated carbocycles. The summed E-state index contributed by atoms with van der Waals surface area (Å²) in [6, 6.07) is -0.0956. The van der Waals surface area contributed by atoms with E-state index in [1.807, 2.05) is 6.92 Å². The molecule has 0 bridgehead atoms. The van der Waals surface area contributed by atoms with Crippen LogP contribution in [0.4, 0.5) is 4.79 Å². The molecule has 9 nitrogen and oxygen atoms in total. The number of hydrogen-bond donors (Lipinski definition) is 4. The first-order valence-corrected chi connectivity index (χ1v) is 9.84. The van der Waals surface area contributed by atoms with Crippen molar-refractivity contribution < 1.29 is 14.6 Å².